The molecule has 0 amide bonds. The van der Waals surface area contributed by atoms with Crippen LogP contribution in [0.15, 0.2) is 46.1 Å². The lowest BCUT2D eigenvalue weighted by molar-refractivity contribution is 0.788. The van der Waals surface area contributed by atoms with Gasteiger partial charge < -0.3 is 4.57 Å². The summed E-state index contributed by atoms with van der Waals surface area (Å²) < 4.78 is 5.12. The molecule has 116 valence electrons. The molecule has 0 saturated heterocycles. The first-order valence-electron chi connectivity index (χ1n) is 7.27. The van der Waals surface area contributed by atoms with Crippen molar-refractivity contribution in [2.45, 2.75) is 13.5 Å². The Labute approximate surface area is 130 Å². The van der Waals surface area contributed by atoms with Gasteiger partial charge >= 0.3 is 5.69 Å². The molecule has 0 atom stereocenters. The second-order valence-electron chi connectivity index (χ2n) is 5.61. The van der Waals surface area contributed by atoms with E-state index in [2.05, 4.69) is 9.97 Å². The summed E-state index contributed by atoms with van der Waals surface area (Å²) in [6.45, 7) is 2.62. The highest BCUT2D eigenvalue weighted by Gasteiger charge is 2.17. The quantitative estimate of drug-likeness (QED) is 0.601. The fraction of sp³-hybridized carbons (Fsp3) is 0.188. The van der Waals surface area contributed by atoms with Crippen molar-refractivity contribution in [3.63, 3.8) is 0 Å². The van der Waals surface area contributed by atoms with Gasteiger partial charge in [-0.05, 0) is 12.5 Å². The maximum atomic E-state index is 12.2. The van der Waals surface area contributed by atoms with Gasteiger partial charge in [-0.15, -0.1) is 0 Å². The number of hydrogen-bond acceptors (Lipinski definition) is 3. The molecule has 0 fully saturated rings. The van der Waals surface area contributed by atoms with E-state index in [0.29, 0.717) is 23.5 Å². The van der Waals surface area contributed by atoms with Crippen LogP contribution in [-0.2, 0) is 13.6 Å². The summed E-state index contributed by atoms with van der Waals surface area (Å²) in [6.07, 6.45) is 1.87. The minimum Gasteiger partial charge on any atom is -0.310 e. The van der Waals surface area contributed by atoms with Crippen LogP contribution in [-0.4, -0.2) is 23.5 Å². The molecule has 0 spiro atoms. The molecule has 7 heteroatoms. The average molecular weight is 309 g/mol. The first-order valence-corrected chi connectivity index (χ1v) is 7.27. The summed E-state index contributed by atoms with van der Waals surface area (Å²) in [4.78, 5) is 30.8. The van der Waals surface area contributed by atoms with Crippen molar-refractivity contribution in [3.8, 4) is 0 Å². The SMILES string of the molecule is Cc1cn2c3c(=O)[nH]c(=O)n(C)c3nc2n1Cc1ccccc1. The Morgan fingerprint density at radius 1 is 1.17 bits per heavy atom. The normalized spacial score (nSPS) is 11.6. The summed E-state index contributed by atoms with van der Waals surface area (Å²) in [5.74, 6) is 0.646. The van der Waals surface area contributed by atoms with Crippen molar-refractivity contribution in [1.82, 2.24) is 23.5 Å². The molecule has 0 unspecified atom stereocenters. The summed E-state index contributed by atoms with van der Waals surface area (Å²) in [5, 5.41) is 0. The molecule has 3 aromatic heterocycles. The Hall–Kier alpha value is -3.09. The number of H-pyrrole nitrogens is 1. The van der Waals surface area contributed by atoms with Crippen molar-refractivity contribution in [3.05, 3.63) is 68.6 Å². The lowest BCUT2D eigenvalue weighted by Gasteiger charge is -2.05. The number of imidazole rings is 2. The third-order valence-corrected chi connectivity index (χ3v) is 4.10. The van der Waals surface area contributed by atoms with Crippen LogP contribution < -0.4 is 11.2 Å². The molecule has 0 aliphatic rings. The molecule has 0 bridgehead atoms. The van der Waals surface area contributed by atoms with E-state index in [1.165, 1.54) is 4.57 Å². The van der Waals surface area contributed by atoms with Crippen LogP contribution in [0.4, 0.5) is 0 Å². The van der Waals surface area contributed by atoms with E-state index in [1.807, 2.05) is 48.0 Å². The van der Waals surface area contributed by atoms with Gasteiger partial charge in [-0.2, -0.15) is 4.98 Å². The number of nitrogens with zero attached hydrogens (tertiary/aromatic N) is 4. The molecular formula is C16H15N5O2. The molecule has 4 rings (SSSR count). The van der Waals surface area contributed by atoms with E-state index < -0.39 is 11.2 Å². The summed E-state index contributed by atoms with van der Waals surface area (Å²) in [5.41, 5.74) is 2.02. The molecule has 0 radical (unpaired) electrons. The Morgan fingerprint density at radius 3 is 2.65 bits per heavy atom. The van der Waals surface area contributed by atoms with E-state index in [-0.39, 0.29) is 0 Å². The van der Waals surface area contributed by atoms with Gasteiger partial charge in [-0.3, -0.25) is 18.7 Å². The van der Waals surface area contributed by atoms with Crippen molar-refractivity contribution in [2.24, 2.45) is 7.05 Å². The Kier molecular flexibility index (Phi) is 2.77. The van der Waals surface area contributed by atoms with Crippen LogP contribution in [0.2, 0.25) is 0 Å². The van der Waals surface area contributed by atoms with E-state index in [4.69, 9.17) is 0 Å². The summed E-state index contributed by atoms with van der Waals surface area (Å²) >= 11 is 0. The van der Waals surface area contributed by atoms with Gasteiger partial charge in [-0.1, -0.05) is 30.3 Å². The minimum atomic E-state index is -0.463. The van der Waals surface area contributed by atoms with E-state index >= 15 is 0 Å². The molecule has 1 N–H and O–H groups in total. The summed E-state index contributed by atoms with van der Waals surface area (Å²) in [6, 6.07) is 10.0. The van der Waals surface area contributed by atoms with Gasteiger partial charge in [0.2, 0.25) is 5.78 Å². The van der Waals surface area contributed by atoms with Gasteiger partial charge in [0.05, 0.1) is 6.54 Å². The number of benzene rings is 1. The van der Waals surface area contributed by atoms with Gasteiger partial charge in [0, 0.05) is 18.9 Å². The topological polar surface area (TPSA) is 77.1 Å². The third kappa shape index (κ3) is 1.93. The number of fused-ring (bicyclic) bond motifs is 3. The maximum Gasteiger partial charge on any atom is 0.329 e. The first kappa shape index (κ1) is 13.6. The minimum absolute atomic E-state index is 0.385. The van der Waals surface area contributed by atoms with Crippen LogP contribution in [0, 0.1) is 6.92 Å². The molecule has 3 heterocycles. The monoisotopic (exact) mass is 309 g/mol. The average Bonchev–Trinajstić information content (AvgIpc) is 3.03. The zero-order chi connectivity index (χ0) is 16.1. The van der Waals surface area contributed by atoms with E-state index in [1.54, 1.807) is 11.4 Å². The Balaban J connectivity index is 2.03. The van der Waals surface area contributed by atoms with Crippen molar-refractivity contribution >= 4 is 16.9 Å². The largest absolute Gasteiger partial charge is 0.329 e. The van der Waals surface area contributed by atoms with Crippen LogP contribution in [0.3, 0.4) is 0 Å². The van der Waals surface area contributed by atoms with Crippen molar-refractivity contribution in [1.29, 1.82) is 0 Å². The Morgan fingerprint density at radius 2 is 1.91 bits per heavy atom. The molecule has 4 aromatic rings. The Bertz CT molecular complexity index is 1140. The molecule has 7 nitrogen and oxygen atoms in total. The molecule has 1 aromatic carbocycles. The fourth-order valence-corrected chi connectivity index (χ4v) is 2.88. The number of rotatable bonds is 2. The summed E-state index contributed by atoms with van der Waals surface area (Å²) in [7, 11) is 1.60. The zero-order valence-corrected chi connectivity index (χ0v) is 12.8. The smallest absolute Gasteiger partial charge is 0.310 e. The lowest BCUT2D eigenvalue weighted by Crippen LogP contribution is -2.28. The number of aryl methyl sites for hydroxylation is 2. The van der Waals surface area contributed by atoms with Crippen molar-refractivity contribution in [2.75, 3.05) is 0 Å². The van der Waals surface area contributed by atoms with Gasteiger partial charge in [0.15, 0.2) is 11.2 Å². The number of nitrogens with one attached hydrogen (secondary N) is 1. The van der Waals surface area contributed by atoms with Gasteiger partial charge in [-0.25, -0.2) is 4.79 Å². The second-order valence-corrected chi connectivity index (χ2v) is 5.61. The standard InChI is InChI=1S/C16H15N5O2/c1-10-8-21-12-13(19(2)16(23)18-14(12)22)17-15(21)20(10)9-11-6-4-3-5-7-11/h3-8H,9H2,1-2H3,(H,18,22,23). The molecule has 23 heavy (non-hydrogen) atoms. The van der Waals surface area contributed by atoms with Crippen LogP contribution in [0.1, 0.15) is 11.3 Å². The highest BCUT2D eigenvalue weighted by Crippen LogP contribution is 2.17. The van der Waals surface area contributed by atoms with Crippen LogP contribution in [0.5, 0.6) is 0 Å². The van der Waals surface area contributed by atoms with Crippen LogP contribution >= 0.6 is 0 Å². The molecule has 0 aliphatic heterocycles. The van der Waals surface area contributed by atoms with Gasteiger partial charge in [0.1, 0.15) is 0 Å². The fourth-order valence-electron chi connectivity index (χ4n) is 2.88. The zero-order valence-electron chi connectivity index (χ0n) is 12.8. The second kappa shape index (κ2) is 4.70. The molecule has 0 saturated carbocycles. The van der Waals surface area contributed by atoms with E-state index in [0.717, 1.165) is 11.3 Å². The maximum absolute atomic E-state index is 12.2. The highest BCUT2D eigenvalue weighted by atomic mass is 16.2. The lowest BCUT2D eigenvalue weighted by atomic mass is 10.2. The van der Waals surface area contributed by atoms with Crippen LogP contribution in [0.25, 0.3) is 16.9 Å². The third-order valence-electron chi connectivity index (χ3n) is 4.10. The van der Waals surface area contributed by atoms with Crippen molar-refractivity contribution < 1.29 is 0 Å². The predicted octanol–water partition coefficient (Wildman–Crippen LogP) is 1.03. The molecular weight excluding hydrogens is 294 g/mol. The first-order chi connectivity index (χ1) is 11.1. The van der Waals surface area contributed by atoms with E-state index in [9.17, 15) is 9.59 Å². The number of aromatic nitrogens is 5. The predicted molar refractivity (Wildman–Crippen MR) is 86.8 cm³/mol. The highest BCUT2D eigenvalue weighted by molar-refractivity contribution is 5.75. The van der Waals surface area contributed by atoms with Gasteiger partial charge in [0.25, 0.3) is 5.56 Å². The number of hydrogen-bond donors (Lipinski definition) is 1. The number of aromatic amines is 1. The molecule has 0 aliphatic carbocycles.